The maximum atomic E-state index is 11.3. The van der Waals surface area contributed by atoms with E-state index in [1.165, 1.54) is 6.26 Å². The first-order valence-corrected chi connectivity index (χ1v) is 6.51. The molecule has 4 heteroatoms. The first-order chi connectivity index (χ1) is 6.95. The summed E-state index contributed by atoms with van der Waals surface area (Å²) in [6.07, 6.45) is 4.93. The summed E-state index contributed by atoms with van der Waals surface area (Å²) in [4.78, 5) is 0.352. The number of hydrogen-bond acceptors (Lipinski definition) is 3. The fraction of sp³-hybridized carbons (Fsp3) is 0.273. The van der Waals surface area contributed by atoms with E-state index < -0.39 is 9.84 Å². The average Bonchev–Trinajstić information content (AvgIpc) is 2.14. The van der Waals surface area contributed by atoms with Crippen LogP contribution in [0, 0.1) is 6.92 Å². The molecule has 0 radical (unpaired) electrons. The molecule has 0 aromatic heterocycles. The van der Waals surface area contributed by atoms with Crippen molar-refractivity contribution >= 4 is 15.9 Å². The van der Waals surface area contributed by atoms with E-state index in [1.807, 2.05) is 19.1 Å². The van der Waals surface area contributed by atoms with Gasteiger partial charge in [0.2, 0.25) is 0 Å². The molecular weight excluding hydrogens is 210 g/mol. The largest absolute Gasteiger partial charge is 0.327 e. The highest BCUT2D eigenvalue weighted by Crippen LogP contribution is 2.16. The van der Waals surface area contributed by atoms with Crippen molar-refractivity contribution in [3.05, 3.63) is 35.4 Å². The molecule has 0 aliphatic carbocycles. The monoisotopic (exact) mass is 225 g/mol. The number of benzene rings is 1. The van der Waals surface area contributed by atoms with Crippen molar-refractivity contribution in [1.82, 2.24) is 0 Å². The summed E-state index contributed by atoms with van der Waals surface area (Å²) < 4.78 is 22.5. The van der Waals surface area contributed by atoms with E-state index in [1.54, 1.807) is 18.2 Å². The molecule has 15 heavy (non-hydrogen) atoms. The highest BCUT2D eigenvalue weighted by atomic mass is 32.2. The predicted molar refractivity (Wildman–Crippen MR) is 62.4 cm³/mol. The molecule has 3 nitrogen and oxygen atoms in total. The molecule has 0 spiro atoms. The smallest absolute Gasteiger partial charge is 0.175 e. The predicted octanol–water partition coefficient (Wildman–Crippen LogP) is 1.37. The normalized spacial score (nSPS) is 12.2. The molecule has 1 aromatic rings. The van der Waals surface area contributed by atoms with Crippen LogP contribution in [-0.4, -0.2) is 21.2 Å². The lowest BCUT2D eigenvalue weighted by atomic mass is 10.1. The van der Waals surface area contributed by atoms with Crippen molar-refractivity contribution in [2.75, 3.05) is 12.8 Å². The van der Waals surface area contributed by atoms with Gasteiger partial charge >= 0.3 is 0 Å². The van der Waals surface area contributed by atoms with Crippen LogP contribution in [0.2, 0.25) is 0 Å². The molecule has 1 aromatic carbocycles. The molecule has 0 atom stereocenters. The molecule has 0 aliphatic rings. The van der Waals surface area contributed by atoms with Gasteiger partial charge in [0.15, 0.2) is 9.84 Å². The Balaban J connectivity index is 3.15. The topological polar surface area (TPSA) is 60.2 Å². The molecule has 0 aliphatic heterocycles. The van der Waals surface area contributed by atoms with Gasteiger partial charge in [0.1, 0.15) is 0 Å². The second-order valence-corrected chi connectivity index (χ2v) is 5.44. The van der Waals surface area contributed by atoms with Gasteiger partial charge in [-0.2, -0.15) is 0 Å². The van der Waals surface area contributed by atoms with E-state index in [9.17, 15) is 8.42 Å². The van der Waals surface area contributed by atoms with Crippen LogP contribution >= 0.6 is 0 Å². The molecule has 0 saturated carbocycles. The minimum absolute atomic E-state index is 0.352. The molecular formula is C11H15NO2S. The van der Waals surface area contributed by atoms with Crippen LogP contribution in [0.5, 0.6) is 0 Å². The molecule has 0 saturated heterocycles. The maximum absolute atomic E-state index is 11.3. The Kier molecular flexibility index (Phi) is 3.66. The Labute approximate surface area is 90.5 Å². The van der Waals surface area contributed by atoms with Crippen molar-refractivity contribution in [1.29, 1.82) is 0 Å². The third-order valence-electron chi connectivity index (χ3n) is 2.10. The van der Waals surface area contributed by atoms with Crippen LogP contribution in [0.4, 0.5) is 0 Å². The zero-order chi connectivity index (χ0) is 11.5. The first-order valence-electron chi connectivity index (χ1n) is 4.62. The Hall–Kier alpha value is -1.13. The van der Waals surface area contributed by atoms with Crippen LogP contribution < -0.4 is 5.73 Å². The Morgan fingerprint density at radius 3 is 2.53 bits per heavy atom. The van der Waals surface area contributed by atoms with Gasteiger partial charge in [-0.1, -0.05) is 18.2 Å². The van der Waals surface area contributed by atoms with E-state index in [0.717, 1.165) is 11.1 Å². The standard InChI is InChI=1S/C11H15NO2S/c1-9-8-11(15(2,13)14)6-5-10(9)4-3-7-12/h3-6,8H,7,12H2,1-2H3/b4-3+. The van der Waals surface area contributed by atoms with E-state index in [2.05, 4.69) is 0 Å². The van der Waals surface area contributed by atoms with E-state index >= 15 is 0 Å². The van der Waals surface area contributed by atoms with Gasteiger partial charge in [-0.3, -0.25) is 0 Å². The minimum Gasteiger partial charge on any atom is -0.327 e. The summed E-state index contributed by atoms with van der Waals surface area (Å²) in [5, 5.41) is 0. The molecule has 0 unspecified atom stereocenters. The van der Waals surface area contributed by atoms with Crippen LogP contribution in [0.25, 0.3) is 6.08 Å². The maximum Gasteiger partial charge on any atom is 0.175 e. The van der Waals surface area contributed by atoms with Crippen LogP contribution in [-0.2, 0) is 9.84 Å². The van der Waals surface area contributed by atoms with E-state index in [4.69, 9.17) is 5.73 Å². The highest BCUT2D eigenvalue weighted by Gasteiger charge is 2.07. The molecule has 0 fully saturated rings. The zero-order valence-electron chi connectivity index (χ0n) is 8.90. The van der Waals surface area contributed by atoms with Crippen LogP contribution in [0.3, 0.4) is 0 Å². The number of aryl methyl sites for hydroxylation is 1. The molecule has 0 bridgehead atoms. The van der Waals surface area contributed by atoms with Crippen molar-refractivity contribution in [2.24, 2.45) is 5.73 Å². The summed E-state index contributed by atoms with van der Waals surface area (Å²) >= 11 is 0. The Morgan fingerprint density at radius 2 is 2.07 bits per heavy atom. The summed E-state index contributed by atoms with van der Waals surface area (Å²) in [5.74, 6) is 0. The molecule has 82 valence electrons. The number of nitrogens with two attached hydrogens (primary N) is 1. The third kappa shape index (κ3) is 3.18. The molecule has 0 heterocycles. The lowest BCUT2D eigenvalue weighted by molar-refractivity contribution is 0.602. The minimum atomic E-state index is -3.11. The fourth-order valence-electron chi connectivity index (χ4n) is 1.26. The second kappa shape index (κ2) is 4.59. The van der Waals surface area contributed by atoms with Gasteiger partial charge < -0.3 is 5.73 Å². The van der Waals surface area contributed by atoms with Gasteiger partial charge in [0.05, 0.1) is 4.90 Å². The van der Waals surface area contributed by atoms with Crippen molar-refractivity contribution in [2.45, 2.75) is 11.8 Å². The molecule has 0 amide bonds. The second-order valence-electron chi connectivity index (χ2n) is 3.43. The first kappa shape index (κ1) is 11.9. The molecule has 1 rings (SSSR count). The Morgan fingerprint density at radius 1 is 1.40 bits per heavy atom. The number of hydrogen-bond donors (Lipinski definition) is 1. The summed E-state index contributed by atoms with van der Waals surface area (Å²) in [5.41, 5.74) is 7.27. The van der Waals surface area contributed by atoms with Gasteiger partial charge in [-0.05, 0) is 30.2 Å². The van der Waals surface area contributed by atoms with Crippen molar-refractivity contribution in [3.8, 4) is 0 Å². The lowest BCUT2D eigenvalue weighted by Crippen LogP contribution is -1.98. The summed E-state index contributed by atoms with van der Waals surface area (Å²) in [6, 6.07) is 5.07. The van der Waals surface area contributed by atoms with Crippen molar-refractivity contribution in [3.63, 3.8) is 0 Å². The summed E-state index contributed by atoms with van der Waals surface area (Å²) in [7, 11) is -3.11. The van der Waals surface area contributed by atoms with Gasteiger partial charge in [0, 0.05) is 12.8 Å². The SMILES string of the molecule is Cc1cc(S(C)(=O)=O)ccc1/C=C/CN. The lowest BCUT2D eigenvalue weighted by Gasteiger charge is -2.03. The van der Waals surface area contributed by atoms with E-state index in [0.29, 0.717) is 11.4 Å². The quantitative estimate of drug-likeness (QED) is 0.845. The van der Waals surface area contributed by atoms with Gasteiger partial charge in [0.25, 0.3) is 0 Å². The van der Waals surface area contributed by atoms with Gasteiger partial charge in [-0.15, -0.1) is 0 Å². The fourth-order valence-corrected chi connectivity index (χ4v) is 1.97. The molecule has 2 N–H and O–H groups in total. The van der Waals surface area contributed by atoms with Crippen LogP contribution in [0.15, 0.2) is 29.2 Å². The zero-order valence-corrected chi connectivity index (χ0v) is 9.71. The van der Waals surface area contributed by atoms with Crippen molar-refractivity contribution < 1.29 is 8.42 Å². The number of rotatable bonds is 3. The van der Waals surface area contributed by atoms with E-state index in [-0.39, 0.29) is 0 Å². The highest BCUT2D eigenvalue weighted by molar-refractivity contribution is 7.90. The van der Waals surface area contributed by atoms with Crippen LogP contribution in [0.1, 0.15) is 11.1 Å². The summed E-state index contributed by atoms with van der Waals surface area (Å²) in [6.45, 7) is 2.36. The van der Waals surface area contributed by atoms with Gasteiger partial charge in [-0.25, -0.2) is 8.42 Å². The average molecular weight is 225 g/mol. The third-order valence-corrected chi connectivity index (χ3v) is 3.21. The Bertz CT molecular complexity index is 475. The number of sulfone groups is 1.